The van der Waals surface area contributed by atoms with Crippen molar-refractivity contribution in [2.24, 2.45) is 0 Å². The second-order valence-corrected chi connectivity index (χ2v) is 10.5. The zero-order chi connectivity index (χ0) is 22.7. The largest absolute Gasteiger partial charge is 0.371 e. The molecule has 2 aliphatic heterocycles. The third kappa shape index (κ3) is 4.81. The van der Waals surface area contributed by atoms with E-state index in [1.165, 1.54) is 22.5 Å². The molecule has 0 spiro atoms. The molecule has 2 aromatic rings. The molecule has 1 N–H and O–H groups in total. The van der Waals surface area contributed by atoms with Crippen molar-refractivity contribution in [1.29, 1.82) is 0 Å². The van der Waals surface area contributed by atoms with E-state index in [-0.39, 0.29) is 4.90 Å². The van der Waals surface area contributed by atoms with Crippen molar-refractivity contribution in [3.05, 3.63) is 53.3 Å². The Kier molecular flexibility index (Phi) is 6.81. The summed E-state index contributed by atoms with van der Waals surface area (Å²) in [7, 11) is -3.68. The number of carbonyl (C=O) groups is 1. The number of benzene rings is 2. The molecule has 2 saturated heterocycles. The summed E-state index contributed by atoms with van der Waals surface area (Å²) in [5.41, 5.74) is 2.13. The number of hydrogen-bond donors (Lipinski definition) is 1. The van der Waals surface area contributed by atoms with Crippen molar-refractivity contribution in [2.45, 2.75) is 50.3 Å². The van der Waals surface area contributed by atoms with Gasteiger partial charge in [0.05, 0.1) is 10.5 Å². The van der Waals surface area contributed by atoms with Crippen LogP contribution in [0, 0.1) is 12.7 Å². The minimum atomic E-state index is -3.68. The molecule has 0 radical (unpaired) electrons. The van der Waals surface area contributed by atoms with E-state index in [9.17, 15) is 17.6 Å². The molecule has 2 fully saturated rings. The molecule has 0 bridgehead atoms. The number of anilines is 2. The molecule has 0 atom stereocenters. The normalized spacial score (nSPS) is 17.9. The van der Waals surface area contributed by atoms with E-state index in [4.69, 9.17) is 0 Å². The Bertz CT molecular complexity index is 1090. The average Bonchev–Trinajstić information content (AvgIpc) is 2.82. The SMILES string of the molecule is Cc1ccc(F)cc1NC(=O)c1cc(S(=O)(=O)N2CCCCC2)ccc1N1CCCCC1. The van der Waals surface area contributed by atoms with E-state index in [2.05, 4.69) is 10.2 Å². The van der Waals surface area contributed by atoms with Gasteiger partial charge in [0.2, 0.25) is 10.0 Å². The van der Waals surface area contributed by atoms with Crippen LogP contribution in [0.3, 0.4) is 0 Å². The molecule has 0 aromatic heterocycles. The zero-order valence-corrected chi connectivity index (χ0v) is 19.3. The molecule has 32 heavy (non-hydrogen) atoms. The van der Waals surface area contributed by atoms with Gasteiger partial charge in [0.25, 0.3) is 5.91 Å². The first-order valence-corrected chi connectivity index (χ1v) is 12.8. The molecule has 8 heteroatoms. The standard InChI is InChI=1S/C24H30FN3O3S/c1-18-8-9-19(25)16-22(18)26-24(29)21-17-20(32(30,31)28-14-6-3-7-15-28)10-11-23(21)27-12-4-2-5-13-27/h8-11,16-17H,2-7,12-15H2,1H3,(H,26,29). The summed E-state index contributed by atoms with van der Waals surface area (Å²) >= 11 is 0. The lowest BCUT2D eigenvalue weighted by atomic mass is 10.1. The Labute approximate surface area is 189 Å². The molecular weight excluding hydrogens is 429 g/mol. The number of rotatable bonds is 5. The second-order valence-electron chi connectivity index (χ2n) is 8.60. The number of aryl methyl sites for hydroxylation is 1. The number of nitrogens with one attached hydrogen (secondary N) is 1. The van der Waals surface area contributed by atoms with E-state index in [0.29, 0.717) is 30.0 Å². The first-order valence-electron chi connectivity index (χ1n) is 11.3. The van der Waals surface area contributed by atoms with Crippen LogP contribution >= 0.6 is 0 Å². The molecular formula is C24H30FN3O3S. The summed E-state index contributed by atoms with van der Waals surface area (Å²) < 4.78 is 41.7. The molecule has 4 rings (SSSR count). The highest BCUT2D eigenvalue weighted by Gasteiger charge is 2.28. The number of carbonyl (C=O) groups excluding carboxylic acids is 1. The van der Waals surface area contributed by atoms with Gasteiger partial charge in [0, 0.05) is 37.6 Å². The highest BCUT2D eigenvalue weighted by Crippen LogP contribution is 2.30. The summed E-state index contributed by atoms with van der Waals surface area (Å²) in [6.07, 6.45) is 5.91. The fraction of sp³-hybridized carbons (Fsp3) is 0.458. The maximum atomic E-state index is 13.8. The summed E-state index contributed by atoms with van der Waals surface area (Å²) in [6, 6.07) is 9.07. The minimum Gasteiger partial charge on any atom is -0.371 e. The second kappa shape index (κ2) is 9.58. The fourth-order valence-corrected chi connectivity index (χ4v) is 5.98. The molecule has 2 aromatic carbocycles. The molecule has 0 unspecified atom stereocenters. The maximum Gasteiger partial charge on any atom is 0.257 e. The van der Waals surface area contributed by atoms with Gasteiger partial charge in [-0.2, -0.15) is 4.31 Å². The Morgan fingerprint density at radius 3 is 2.25 bits per heavy atom. The fourth-order valence-electron chi connectivity index (χ4n) is 4.44. The van der Waals surface area contributed by atoms with Crippen LogP contribution in [0.5, 0.6) is 0 Å². The molecule has 0 saturated carbocycles. The van der Waals surface area contributed by atoms with Gasteiger partial charge in [-0.15, -0.1) is 0 Å². The van der Waals surface area contributed by atoms with Gasteiger partial charge < -0.3 is 10.2 Å². The first-order chi connectivity index (χ1) is 15.4. The van der Waals surface area contributed by atoms with Gasteiger partial charge in [0.1, 0.15) is 5.82 Å². The molecule has 2 heterocycles. The number of hydrogen-bond acceptors (Lipinski definition) is 4. The highest BCUT2D eigenvalue weighted by molar-refractivity contribution is 7.89. The third-order valence-electron chi connectivity index (χ3n) is 6.31. The van der Waals surface area contributed by atoms with Crippen LogP contribution in [-0.2, 0) is 10.0 Å². The number of piperidine rings is 2. The Morgan fingerprint density at radius 1 is 0.906 bits per heavy atom. The topological polar surface area (TPSA) is 69.7 Å². The molecule has 0 aliphatic carbocycles. The Morgan fingerprint density at radius 2 is 1.56 bits per heavy atom. The summed E-state index contributed by atoms with van der Waals surface area (Å²) in [4.78, 5) is 15.6. The van der Waals surface area contributed by atoms with Gasteiger partial charge >= 0.3 is 0 Å². The quantitative estimate of drug-likeness (QED) is 0.712. The van der Waals surface area contributed by atoms with Gasteiger partial charge in [-0.05, 0) is 74.9 Å². The van der Waals surface area contributed by atoms with Crippen LogP contribution < -0.4 is 10.2 Å². The van der Waals surface area contributed by atoms with Gasteiger partial charge in [-0.3, -0.25) is 4.79 Å². The summed E-state index contributed by atoms with van der Waals surface area (Å²) in [5.74, 6) is -0.876. The van der Waals surface area contributed by atoms with E-state index < -0.39 is 21.7 Å². The van der Waals surface area contributed by atoms with E-state index in [0.717, 1.165) is 57.2 Å². The van der Waals surface area contributed by atoms with Crippen molar-refractivity contribution < 1.29 is 17.6 Å². The van der Waals surface area contributed by atoms with Crippen LogP contribution in [0.15, 0.2) is 41.3 Å². The minimum absolute atomic E-state index is 0.126. The van der Waals surface area contributed by atoms with Crippen molar-refractivity contribution in [3.8, 4) is 0 Å². The van der Waals surface area contributed by atoms with Gasteiger partial charge in [0.15, 0.2) is 0 Å². The molecule has 1 amide bonds. The predicted octanol–water partition coefficient (Wildman–Crippen LogP) is 4.55. The monoisotopic (exact) mass is 459 g/mol. The third-order valence-corrected chi connectivity index (χ3v) is 8.20. The van der Waals surface area contributed by atoms with Crippen LogP contribution in [0.2, 0.25) is 0 Å². The lowest BCUT2D eigenvalue weighted by Gasteiger charge is -2.31. The number of halogens is 1. The van der Waals surface area contributed by atoms with Crippen molar-refractivity contribution in [1.82, 2.24) is 4.31 Å². The van der Waals surface area contributed by atoms with Crippen molar-refractivity contribution >= 4 is 27.3 Å². The molecule has 2 aliphatic rings. The van der Waals surface area contributed by atoms with Gasteiger partial charge in [-0.25, -0.2) is 12.8 Å². The number of amides is 1. The van der Waals surface area contributed by atoms with E-state index >= 15 is 0 Å². The van der Waals surface area contributed by atoms with Crippen molar-refractivity contribution in [3.63, 3.8) is 0 Å². The van der Waals surface area contributed by atoms with E-state index in [1.54, 1.807) is 25.1 Å². The van der Waals surface area contributed by atoms with Crippen molar-refractivity contribution in [2.75, 3.05) is 36.4 Å². The average molecular weight is 460 g/mol. The first kappa shape index (κ1) is 22.7. The van der Waals surface area contributed by atoms with Crippen LogP contribution in [0.4, 0.5) is 15.8 Å². The summed E-state index contributed by atoms with van der Waals surface area (Å²) in [6.45, 7) is 4.42. The number of sulfonamides is 1. The maximum absolute atomic E-state index is 13.8. The molecule has 172 valence electrons. The Hall–Kier alpha value is -2.45. The Balaban J connectivity index is 1.72. The van der Waals surface area contributed by atoms with E-state index in [1.807, 2.05) is 0 Å². The predicted molar refractivity (Wildman–Crippen MR) is 124 cm³/mol. The molecule has 6 nitrogen and oxygen atoms in total. The smallest absolute Gasteiger partial charge is 0.257 e. The zero-order valence-electron chi connectivity index (χ0n) is 18.4. The lowest BCUT2D eigenvalue weighted by Crippen LogP contribution is -2.36. The summed E-state index contributed by atoms with van der Waals surface area (Å²) in [5, 5.41) is 2.79. The van der Waals surface area contributed by atoms with Gasteiger partial charge in [-0.1, -0.05) is 12.5 Å². The number of nitrogens with zero attached hydrogens (tertiary/aromatic N) is 2. The van der Waals surface area contributed by atoms with Crippen LogP contribution in [0.1, 0.15) is 54.4 Å². The van der Waals surface area contributed by atoms with Crippen LogP contribution in [-0.4, -0.2) is 44.8 Å². The van der Waals surface area contributed by atoms with Crippen LogP contribution in [0.25, 0.3) is 0 Å². The highest BCUT2D eigenvalue weighted by atomic mass is 32.2. The lowest BCUT2D eigenvalue weighted by molar-refractivity contribution is 0.102.